The molecule has 1 aliphatic heterocycles. The van der Waals surface area contributed by atoms with Crippen LogP contribution in [0.15, 0.2) is 133 Å². The quantitative estimate of drug-likeness (QED) is 0.193. The molecule has 5 aromatic carbocycles. The SMILES string of the molecule is CC1(C)c2ccccc2-c2cc3c(cc21)N(c1ccc(-c2nc(C4=CCCC=C4)nc(-c4ccccc4)n2)cc1)c1ccccc1C3(C)C. The van der Waals surface area contributed by atoms with Crippen molar-refractivity contribution in [3.63, 3.8) is 0 Å². The molecule has 0 radical (unpaired) electrons. The van der Waals surface area contributed by atoms with Crippen LogP contribution in [0.25, 0.3) is 39.5 Å². The van der Waals surface area contributed by atoms with E-state index in [1.165, 1.54) is 44.8 Å². The molecule has 2 heterocycles. The lowest BCUT2D eigenvalue weighted by atomic mass is 9.72. The second kappa shape index (κ2) is 11.0. The third-order valence-corrected chi connectivity index (χ3v) is 10.7. The molecule has 0 spiro atoms. The maximum absolute atomic E-state index is 5.01. The van der Waals surface area contributed by atoms with Gasteiger partial charge in [-0.2, -0.15) is 0 Å². The van der Waals surface area contributed by atoms with Crippen LogP contribution >= 0.6 is 0 Å². The standard InChI is InChI=1S/C45H38N4/c1-44(2)35-20-12-11-19-33(35)34-27-38-40(28-37(34)44)49(39-22-14-13-21-36(39)45(38,3)4)32-25-23-31(24-26-32)43-47-41(29-15-7-5-8-16-29)46-42(48-43)30-17-9-6-10-18-30/h5,7-9,11-28H,6,10H2,1-4H3. The summed E-state index contributed by atoms with van der Waals surface area (Å²) in [5, 5.41) is 0. The fraction of sp³-hybridized carbons (Fsp3) is 0.178. The van der Waals surface area contributed by atoms with Gasteiger partial charge in [0.2, 0.25) is 0 Å². The maximum atomic E-state index is 5.01. The lowest BCUT2D eigenvalue weighted by molar-refractivity contribution is 0.627. The van der Waals surface area contributed by atoms with E-state index >= 15 is 0 Å². The van der Waals surface area contributed by atoms with Gasteiger partial charge in [-0.25, -0.2) is 15.0 Å². The van der Waals surface area contributed by atoms with Gasteiger partial charge in [0, 0.05) is 33.2 Å². The highest BCUT2D eigenvalue weighted by Crippen LogP contribution is 2.57. The van der Waals surface area contributed by atoms with Crippen molar-refractivity contribution in [2.75, 3.05) is 4.90 Å². The van der Waals surface area contributed by atoms with Crippen molar-refractivity contribution in [2.45, 2.75) is 51.4 Å². The molecule has 2 aliphatic carbocycles. The number of allylic oxidation sites excluding steroid dienone is 4. The van der Waals surface area contributed by atoms with Gasteiger partial charge in [-0.3, -0.25) is 0 Å². The highest BCUT2D eigenvalue weighted by atomic mass is 15.2. The molecule has 0 atom stereocenters. The van der Waals surface area contributed by atoms with Crippen LogP contribution in [0, 0.1) is 0 Å². The highest BCUT2D eigenvalue weighted by molar-refractivity contribution is 5.91. The average molecular weight is 635 g/mol. The minimum absolute atomic E-state index is 0.0899. The Morgan fingerprint density at radius 1 is 0.510 bits per heavy atom. The van der Waals surface area contributed by atoms with Gasteiger partial charge >= 0.3 is 0 Å². The van der Waals surface area contributed by atoms with Gasteiger partial charge in [-0.05, 0) is 88.7 Å². The van der Waals surface area contributed by atoms with E-state index in [0.717, 1.165) is 35.2 Å². The van der Waals surface area contributed by atoms with Crippen molar-refractivity contribution in [3.8, 4) is 33.9 Å². The normalized spacial score (nSPS) is 16.3. The van der Waals surface area contributed by atoms with Gasteiger partial charge in [-0.15, -0.1) is 0 Å². The number of rotatable bonds is 4. The minimum Gasteiger partial charge on any atom is -0.310 e. The fourth-order valence-electron chi connectivity index (χ4n) is 8.06. The molecule has 4 heteroatoms. The first-order valence-electron chi connectivity index (χ1n) is 17.3. The van der Waals surface area contributed by atoms with Gasteiger partial charge in [0.15, 0.2) is 17.5 Å². The van der Waals surface area contributed by atoms with Gasteiger partial charge in [0.05, 0.1) is 11.4 Å². The topological polar surface area (TPSA) is 41.9 Å². The van der Waals surface area contributed by atoms with Gasteiger partial charge in [0.1, 0.15) is 0 Å². The van der Waals surface area contributed by atoms with Crippen molar-refractivity contribution < 1.29 is 0 Å². The predicted octanol–water partition coefficient (Wildman–Crippen LogP) is 11.4. The molecule has 4 nitrogen and oxygen atoms in total. The summed E-state index contributed by atoms with van der Waals surface area (Å²) in [6.07, 6.45) is 8.58. The molecule has 3 aliphatic rings. The second-order valence-corrected chi connectivity index (χ2v) is 14.4. The summed E-state index contributed by atoms with van der Waals surface area (Å²) < 4.78 is 0. The molecular weight excluding hydrogens is 597 g/mol. The summed E-state index contributed by atoms with van der Waals surface area (Å²) in [7, 11) is 0. The van der Waals surface area contributed by atoms with E-state index in [0.29, 0.717) is 17.5 Å². The highest BCUT2D eigenvalue weighted by Gasteiger charge is 2.42. The van der Waals surface area contributed by atoms with E-state index in [9.17, 15) is 0 Å². The molecule has 0 saturated carbocycles. The fourth-order valence-corrected chi connectivity index (χ4v) is 8.06. The molecular formula is C45H38N4. The van der Waals surface area contributed by atoms with Crippen molar-refractivity contribution in [3.05, 3.63) is 162 Å². The van der Waals surface area contributed by atoms with E-state index in [2.05, 4.69) is 148 Å². The van der Waals surface area contributed by atoms with Gasteiger partial charge < -0.3 is 4.90 Å². The zero-order chi connectivity index (χ0) is 33.3. The number of hydrogen-bond donors (Lipinski definition) is 0. The minimum atomic E-state index is -0.170. The predicted molar refractivity (Wildman–Crippen MR) is 201 cm³/mol. The zero-order valence-corrected chi connectivity index (χ0v) is 28.4. The number of hydrogen-bond acceptors (Lipinski definition) is 4. The van der Waals surface area contributed by atoms with E-state index in [1.54, 1.807) is 0 Å². The van der Waals surface area contributed by atoms with Gasteiger partial charge in [-0.1, -0.05) is 119 Å². The largest absolute Gasteiger partial charge is 0.310 e. The molecule has 0 fully saturated rings. The first-order chi connectivity index (χ1) is 23.8. The molecule has 0 N–H and O–H groups in total. The number of nitrogens with zero attached hydrogens (tertiary/aromatic N) is 4. The number of aromatic nitrogens is 3. The van der Waals surface area contributed by atoms with E-state index in [1.807, 2.05) is 18.2 Å². The Labute approximate surface area is 288 Å². The third-order valence-electron chi connectivity index (χ3n) is 10.7. The summed E-state index contributed by atoms with van der Waals surface area (Å²) in [5.74, 6) is 2.07. The van der Waals surface area contributed by atoms with Crippen molar-refractivity contribution >= 4 is 22.6 Å². The zero-order valence-electron chi connectivity index (χ0n) is 28.4. The van der Waals surface area contributed by atoms with Crippen molar-refractivity contribution in [2.24, 2.45) is 0 Å². The van der Waals surface area contributed by atoms with Crippen LogP contribution in [-0.2, 0) is 10.8 Å². The van der Waals surface area contributed by atoms with Crippen LogP contribution in [0.1, 0.15) is 68.6 Å². The Morgan fingerprint density at radius 2 is 1.14 bits per heavy atom. The number of benzene rings is 5. The van der Waals surface area contributed by atoms with Crippen LogP contribution in [0.5, 0.6) is 0 Å². The molecule has 9 rings (SSSR count). The Hall–Kier alpha value is -5.61. The molecule has 49 heavy (non-hydrogen) atoms. The summed E-state index contributed by atoms with van der Waals surface area (Å²) in [6.45, 7) is 9.44. The Bertz CT molecular complexity index is 2330. The van der Waals surface area contributed by atoms with Crippen LogP contribution in [-0.4, -0.2) is 15.0 Å². The number of para-hydroxylation sites is 1. The van der Waals surface area contributed by atoms with E-state index in [4.69, 9.17) is 15.0 Å². The van der Waals surface area contributed by atoms with Gasteiger partial charge in [0.25, 0.3) is 0 Å². The van der Waals surface area contributed by atoms with E-state index < -0.39 is 0 Å². The first kappa shape index (κ1) is 29.5. The molecule has 1 aromatic heterocycles. The lowest BCUT2D eigenvalue weighted by Gasteiger charge is -2.43. The summed E-state index contributed by atoms with van der Waals surface area (Å²) in [4.78, 5) is 17.4. The van der Waals surface area contributed by atoms with Crippen molar-refractivity contribution in [1.82, 2.24) is 15.0 Å². The molecule has 0 saturated heterocycles. The summed E-state index contributed by atoms with van der Waals surface area (Å²) in [5.41, 5.74) is 14.4. The smallest absolute Gasteiger partial charge is 0.164 e. The van der Waals surface area contributed by atoms with Crippen LogP contribution in [0.2, 0.25) is 0 Å². The number of fused-ring (bicyclic) bond motifs is 5. The average Bonchev–Trinajstić information content (AvgIpc) is 3.37. The Balaban J connectivity index is 1.19. The molecule has 6 aromatic rings. The third kappa shape index (κ3) is 4.62. The lowest BCUT2D eigenvalue weighted by Crippen LogP contribution is -2.31. The second-order valence-electron chi connectivity index (χ2n) is 14.4. The summed E-state index contributed by atoms with van der Waals surface area (Å²) in [6, 6.07) is 41.6. The van der Waals surface area contributed by atoms with E-state index in [-0.39, 0.29) is 10.8 Å². The Morgan fingerprint density at radius 3 is 1.88 bits per heavy atom. The van der Waals surface area contributed by atoms with Crippen LogP contribution < -0.4 is 4.90 Å². The molecule has 238 valence electrons. The first-order valence-corrected chi connectivity index (χ1v) is 17.3. The molecule has 0 amide bonds. The van der Waals surface area contributed by atoms with Crippen LogP contribution in [0.3, 0.4) is 0 Å². The monoisotopic (exact) mass is 634 g/mol. The van der Waals surface area contributed by atoms with Crippen LogP contribution in [0.4, 0.5) is 17.1 Å². The molecule has 0 unspecified atom stereocenters. The molecule has 0 bridgehead atoms. The van der Waals surface area contributed by atoms with Crippen molar-refractivity contribution in [1.29, 1.82) is 0 Å². The summed E-state index contributed by atoms with van der Waals surface area (Å²) >= 11 is 0. The Kier molecular flexibility index (Phi) is 6.61. The number of anilines is 3. The maximum Gasteiger partial charge on any atom is 0.164 e.